The zero-order chi connectivity index (χ0) is 10.3. The third-order valence-electron chi connectivity index (χ3n) is 2.69. The smallest absolute Gasteiger partial charge is 0.0647 e. The molecule has 1 fully saturated rings. The molecule has 1 heterocycles. The maximum Gasteiger partial charge on any atom is 0.0647 e. The van der Waals surface area contributed by atoms with Crippen molar-refractivity contribution in [3.05, 3.63) is 12.2 Å². The van der Waals surface area contributed by atoms with Crippen LogP contribution in [0.4, 0.5) is 0 Å². The maximum atomic E-state index is 5.64. The van der Waals surface area contributed by atoms with Crippen LogP contribution < -0.4 is 0 Å². The van der Waals surface area contributed by atoms with Crippen LogP contribution in [0.1, 0.15) is 19.8 Å². The molecule has 0 aromatic heterocycles. The monoisotopic (exact) mass is 262 g/mol. The molecule has 0 radical (unpaired) electrons. The van der Waals surface area contributed by atoms with Gasteiger partial charge in [0, 0.05) is 24.0 Å². The third-order valence-corrected chi connectivity index (χ3v) is 3.88. The highest BCUT2D eigenvalue weighted by molar-refractivity contribution is 9.09. The Morgan fingerprint density at radius 2 is 2.14 bits per heavy atom. The van der Waals surface area contributed by atoms with E-state index in [1.165, 1.54) is 0 Å². The number of hydrogen-bond donors (Lipinski definition) is 0. The molecule has 0 aromatic carbocycles. The molecular formula is C11H19BrO2. The van der Waals surface area contributed by atoms with Crippen molar-refractivity contribution in [3.63, 3.8) is 0 Å². The molecule has 82 valence electrons. The van der Waals surface area contributed by atoms with Gasteiger partial charge in [-0.15, -0.1) is 0 Å². The molecular weight excluding hydrogens is 244 g/mol. The zero-order valence-corrected chi connectivity index (χ0v) is 10.4. The fourth-order valence-corrected chi connectivity index (χ4v) is 2.28. The van der Waals surface area contributed by atoms with Crippen molar-refractivity contribution in [2.75, 3.05) is 31.8 Å². The van der Waals surface area contributed by atoms with Crippen molar-refractivity contribution in [1.82, 2.24) is 0 Å². The Bertz CT molecular complexity index is 174. The molecule has 1 aliphatic rings. The van der Waals surface area contributed by atoms with Crippen molar-refractivity contribution >= 4 is 15.9 Å². The SMILES string of the molecule is CC=CCOCC1(CBr)CCOCC1. The molecule has 1 aliphatic heterocycles. The molecule has 0 bridgehead atoms. The average molecular weight is 263 g/mol. The van der Waals surface area contributed by atoms with Gasteiger partial charge in [-0.05, 0) is 19.8 Å². The van der Waals surface area contributed by atoms with Gasteiger partial charge < -0.3 is 9.47 Å². The average Bonchev–Trinajstić information content (AvgIpc) is 2.26. The Balaban J connectivity index is 2.28. The second-order valence-corrected chi connectivity index (χ2v) is 4.39. The number of hydrogen-bond acceptors (Lipinski definition) is 2. The quantitative estimate of drug-likeness (QED) is 0.431. The number of ether oxygens (including phenoxy) is 2. The molecule has 0 atom stereocenters. The van der Waals surface area contributed by atoms with E-state index >= 15 is 0 Å². The van der Waals surface area contributed by atoms with Gasteiger partial charge in [-0.1, -0.05) is 28.1 Å². The number of halogens is 1. The van der Waals surface area contributed by atoms with Gasteiger partial charge in [-0.3, -0.25) is 0 Å². The van der Waals surface area contributed by atoms with E-state index in [4.69, 9.17) is 9.47 Å². The van der Waals surface area contributed by atoms with Crippen LogP contribution in [0.2, 0.25) is 0 Å². The minimum absolute atomic E-state index is 0.305. The molecule has 2 nitrogen and oxygen atoms in total. The molecule has 0 amide bonds. The van der Waals surface area contributed by atoms with E-state index in [1.54, 1.807) is 0 Å². The molecule has 0 N–H and O–H groups in total. The summed E-state index contributed by atoms with van der Waals surface area (Å²) in [6.07, 6.45) is 6.27. The van der Waals surface area contributed by atoms with Gasteiger partial charge in [0.15, 0.2) is 0 Å². The number of allylic oxidation sites excluding steroid dienone is 1. The molecule has 14 heavy (non-hydrogen) atoms. The summed E-state index contributed by atoms with van der Waals surface area (Å²) in [6.45, 7) is 5.33. The van der Waals surface area contributed by atoms with Gasteiger partial charge in [0.2, 0.25) is 0 Å². The predicted molar refractivity (Wildman–Crippen MR) is 61.9 cm³/mol. The Labute approximate surface area is 94.8 Å². The van der Waals surface area contributed by atoms with Crippen LogP contribution in [-0.4, -0.2) is 31.8 Å². The summed E-state index contributed by atoms with van der Waals surface area (Å²) < 4.78 is 11.0. The summed E-state index contributed by atoms with van der Waals surface area (Å²) in [6, 6.07) is 0. The van der Waals surface area contributed by atoms with Crippen LogP contribution in [0.15, 0.2) is 12.2 Å². The lowest BCUT2D eigenvalue weighted by atomic mass is 9.83. The minimum Gasteiger partial charge on any atom is -0.381 e. The molecule has 0 aliphatic carbocycles. The molecule has 3 heteroatoms. The lowest BCUT2D eigenvalue weighted by Crippen LogP contribution is -2.35. The van der Waals surface area contributed by atoms with Gasteiger partial charge in [0.05, 0.1) is 13.2 Å². The van der Waals surface area contributed by atoms with Crippen LogP contribution >= 0.6 is 15.9 Å². The topological polar surface area (TPSA) is 18.5 Å². The molecule has 1 saturated heterocycles. The summed E-state index contributed by atoms with van der Waals surface area (Å²) in [7, 11) is 0. The number of rotatable bonds is 5. The van der Waals surface area contributed by atoms with E-state index in [1.807, 2.05) is 19.1 Å². The van der Waals surface area contributed by atoms with E-state index in [9.17, 15) is 0 Å². The van der Waals surface area contributed by atoms with Crippen LogP contribution in [-0.2, 0) is 9.47 Å². The molecule has 0 aromatic rings. The van der Waals surface area contributed by atoms with Crippen LogP contribution in [0.25, 0.3) is 0 Å². The molecule has 1 rings (SSSR count). The first-order valence-corrected chi connectivity index (χ1v) is 6.28. The Morgan fingerprint density at radius 3 is 2.71 bits per heavy atom. The summed E-state index contributed by atoms with van der Waals surface area (Å²) >= 11 is 3.58. The van der Waals surface area contributed by atoms with Crippen LogP contribution in [0.3, 0.4) is 0 Å². The Kier molecular flexibility index (Phi) is 5.75. The highest BCUT2D eigenvalue weighted by atomic mass is 79.9. The van der Waals surface area contributed by atoms with E-state index in [-0.39, 0.29) is 0 Å². The summed E-state index contributed by atoms with van der Waals surface area (Å²) in [4.78, 5) is 0. The molecule has 0 unspecified atom stereocenters. The first-order chi connectivity index (χ1) is 6.83. The zero-order valence-electron chi connectivity index (χ0n) is 8.80. The normalized spacial score (nSPS) is 21.6. The van der Waals surface area contributed by atoms with Crippen LogP contribution in [0.5, 0.6) is 0 Å². The van der Waals surface area contributed by atoms with Crippen molar-refractivity contribution < 1.29 is 9.47 Å². The van der Waals surface area contributed by atoms with Gasteiger partial charge >= 0.3 is 0 Å². The number of alkyl halides is 1. The van der Waals surface area contributed by atoms with Gasteiger partial charge in [0.1, 0.15) is 0 Å². The molecule has 0 spiro atoms. The first-order valence-electron chi connectivity index (χ1n) is 5.16. The van der Waals surface area contributed by atoms with E-state index in [0.717, 1.165) is 44.6 Å². The second kappa shape index (κ2) is 6.59. The minimum atomic E-state index is 0.305. The Morgan fingerprint density at radius 1 is 1.43 bits per heavy atom. The molecule has 0 saturated carbocycles. The third kappa shape index (κ3) is 3.71. The Hall–Kier alpha value is 0.140. The summed E-state index contributed by atoms with van der Waals surface area (Å²) in [5, 5.41) is 1.01. The standard InChI is InChI=1S/C11H19BrO2/c1-2-3-6-14-10-11(9-12)4-7-13-8-5-11/h2-3H,4-10H2,1H3. The van der Waals surface area contributed by atoms with Crippen LogP contribution in [0, 0.1) is 5.41 Å². The van der Waals surface area contributed by atoms with Gasteiger partial charge in [0.25, 0.3) is 0 Å². The van der Waals surface area contributed by atoms with Crippen molar-refractivity contribution in [2.45, 2.75) is 19.8 Å². The predicted octanol–water partition coefficient (Wildman–Crippen LogP) is 2.77. The second-order valence-electron chi connectivity index (χ2n) is 3.83. The van der Waals surface area contributed by atoms with Crippen molar-refractivity contribution in [2.24, 2.45) is 5.41 Å². The van der Waals surface area contributed by atoms with Crippen molar-refractivity contribution in [1.29, 1.82) is 0 Å². The van der Waals surface area contributed by atoms with Gasteiger partial charge in [-0.25, -0.2) is 0 Å². The van der Waals surface area contributed by atoms with Crippen molar-refractivity contribution in [3.8, 4) is 0 Å². The summed E-state index contributed by atoms with van der Waals surface area (Å²) in [5.41, 5.74) is 0.305. The van der Waals surface area contributed by atoms with E-state index in [2.05, 4.69) is 15.9 Å². The van der Waals surface area contributed by atoms with E-state index < -0.39 is 0 Å². The maximum absolute atomic E-state index is 5.64. The van der Waals surface area contributed by atoms with E-state index in [0.29, 0.717) is 5.41 Å². The highest BCUT2D eigenvalue weighted by Gasteiger charge is 2.31. The lowest BCUT2D eigenvalue weighted by molar-refractivity contribution is -0.0209. The fourth-order valence-electron chi connectivity index (χ4n) is 1.56. The highest BCUT2D eigenvalue weighted by Crippen LogP contribution is 2.32. The first kappa shape index (κ1) is 12.2. The lowest BCUT2D eigenvalue weighted by Gasteiger charge is -2.35. The summed E-state index contributed by atoms with van der Waals surface area (Å²) in [5.74, 6) is 0. The largest absolute Gasteiger partial charge is 0.381 e. The van der Waals surface area contributed by atoms with Gasteiger partial charge in [-0.2, -0.15) is 0 Å². The fraction of sp³-hybridized carbons (Fsp3) is 0.818.